The first-order valence-electron chi connectivity index (χ1n) is 11.1. The second kappa shape index (κ2) is 9.52. The zero-order chi connectivity index (χ0) is 24.5. The molecule has 176 valence electrons. The molecule has 0 aliphatic carbocycles. The first-order valence-corrected chi connectivity index (χ1v) is 11.1. The molecule has 4 rings (SSSR count). The molecule has 2 aromatic carbocycles. The molecule has 1 atom stereocenters. The van der Waals surface area contributed by atoms with E-state index in [1.165, 1.54) is 24.3 Å². The summed E-state index contributed by atoms with van der Waals surface area (Å²) in [6, 6.07) is 13.6. The van der Waals surface area contributed by atoms with Crippen molar-refractivity contribution >= 4 is 11.5 Å². The van der Waals surface area contributed by atoms with Crippen LogP contribution in [0.4, 0.5) is 8.78 Å². The Balaban J connectivity index is 1.56. The van der Waals surface area contributed by atoms with Crippen LogP contribution in [-0.2, 0) is 24.4 Å². The Hall–Kier alpha value is -3.29. The van der Waals surface area contributed by atoms with Crippen LogP contribution in [0.15, 0.2) is 59.6 Å². The van der Waals surface area contributed by atoms with Gasteiger partial charge >= 0.3 is 0 Å². The number of fused-ring (bicyclic) bond motifs is 1. The first-order chi connectivity index (χ1) is 16.2. The van der Waals surface area contributed by atoms with Gasteiger partial charge in [-0.05, 0) is 67.4 Å². The predicted octanol–water partition coefficient (Wildman–Crippen LogP) is 4.26. The van der Waals surface area contributed by atoms with Gasteiger partial charge in [0.05, 0.1) is 30.2 Å². The maximum atomic E-state index is 13.3. The van der Waals surface area contributed by atoms with Crippen LogP contribution in [0.2, 0.25) is 0 Å². The van der Waals surface area contributed by atoms with Crippen LogP contribution in [0.3, 0.4) is 0 Å². The second-order valence-corrected chi connectivity index (χ2v) is 9.10. The minimum atomic E-state index is -1.19. The first kappa shape index (κ1) is 23.9. The molecule has 34 heavy (non-hydrogen) atoms. The summed E-state index contributed by atoms with van der Waals surface area (Å²) in [5.41, 5.74) is 3.35. The highest BCUT2D eigenvalue weighted by Crippen LogP contribution is 2.32. The van der Waals surface area contributed by atoms with Crippen LogP contribution >= 0.6 is 0 Å². The molecule has 1 aliphatic heterocycles. The van der Waals surface area contributed by atoms with Gasteiger partial charge in [-0.2, -0.15) is 0 Å². The van der Waals surface area contributed by atoms with E-state index in [9.17, 15) is 23.8 Å². The highest BCUT2D eigenvalue weighted by Gasteiger charge is 2.31. The molecule has 0 saturated carbocycles. The normalized spacial score (nSPS) is 14.0. The van der Waals surface area contributed by atoms with E-state index in [4.69, 9.17) is 0 Å². The van der Waals surface area contributed by atoms with Crippen molar-refractivity contribution in [3.63, 3.8) is 0 Å². The van der Waals surface area contributed by atoms with Crippen molar-refractivity contribution in [2.24, 2.45) is 4.99 Å². The molecule has 5 nitrogen and oxygen atoms in total. The van der Waals surface area contributed by atoms with Gasteiger partial charge in [0.25, 0.3) is 0 Å². The molecule has 1 aliphatic rings. The number of aliphatic hydroxyl groups is 2. The molecule has 0 amide bonds. The molecule has 2 heterocycles. The summed E-state index contributed by atoms with van der Waals surface area (Å²) in [5.74, 6) is -1.38. The van der Waals surface area contributed by atoms with Crippen molar-refractivity contribution in [2.45, 2.75) is 51.4 Å². The standard InChI is InChI=1S/C27H26F2N2O3/c1-27(2,34)23(16-3-7-19(28)8-4-16)13-22(33)12-21-11-18-14-30-26(25(18)24(15-32)31-21)17-5-9-20(29)10-6-17/h3-11,23,32,34H,12-15H2,1-2H3/t23-/m0/s1. The number of nitrogens with zero attached hydrogens (tertiary/aromatic N) is 2. The molecule has 1 aromatic heterocycles. The smallest absolute Gasteiger partial charge is 0.139 e. The van der Waals surface area contributed by atoms with E-state index >= 15 is 0 Å². The molecule has 0 saturated heterocycles. The van der Waals surface area contributed by atoms with Crippen LogP contribution < -0.4 is 0 Å². The second-order valence-electron chi connectivity index (χ2n) is 9.10. The minimum absolute atomic E-state index is 0.0277. The van der Waals surface area contributed by atoms with Crippen molar-refractivity contribution in [1.29, 1.82) is 0 Å². The average Bonchev–Trinajstić information content (AvgIpc) is 3.21. The van der Waals surface area contributed by atoms with Crippen molar-refractivity contribution in [3.05, 3.63) is 99.9 Å². The fraction of sp³-hybridized carbons (Fsp3) is 0.296. The number of hydrogen-bond donors (Lipinski definition) is 2. The van der Waals surface area contributed by atoms with Crippen LogP contribution in [-0.4, -0.2) is 32.3 Å². The largest absolute Gasteiger partial charge is 0.390 e. The van der Waals surface area contributed by atoms with E-state index in [2.05, 4.69) is 9.98 Å². The Kier molecular flexibility index (Phi) is 6.68. The third-order valence-corrected chi connectivity index (χ3v) is 6.08. The molecular formula is C27H26F2N2O3. The van der Waals surface area contributed by atoms with Crippen LogP contribution in [0.5, 0.6) is 0 Å². The SMILES string of the molecule is CC(C)(O)[C@@H](CC(=O)Cc1cc2c(c(CO)n1)C(c1ccc(F)cc1)=NC2)c1ccc(F)cc1. The number of pyridine rings is 1. The monoisotopic (exact) mass is 464 g/mol. The highest BCUT2D eigenvalue weighted by atomic mass is 19.1. The number of Topliss-reactive ketones (excluding diaryl/α,β-unsaturated/α-hetero) is 1. The van der Waals surface area contributed by atoms with Crippen molar-refractivity contribution < 1.29 is 23.8 Å². The summed E-state index contributed by atoms with van der Waals surface area (Å²) >= 11 is 0. The summed E-state index contributed by atoms with van der Waals surface area (Å²) in [4.78, 5) is 22.0. The van der Waals surface area contributed by atoms with Gasteiger partial charge in [-0.1, -0.05) is 12.1 Å². The highest BCUT2D eigenvalue weighted by molar-refractivity contribution is 6.15. The lowest BCUT2D eigenvalue weighted by Crippen LogP contribution is -2.31. The Morgan fingerprint density at radius 1 is 1.06 bits per heavy atom. The number of halogens is 2. The van der Waals surface area contributed by atoms with E-state index in [1.54, 1.807) is 38.1 Å². The van der Waals surface area contributed by atoms with E-state index in [0.717, 1.165) is 11.1 Å². The van der Waals surface area contributed by atoms with Gasteiger partial charge in [0.15, 0.2) is 0 Å². The number of aliphatic imine (C=N–C) groups is 1. The van der Waals surface area contributed by atoms with Gasteiger partial charge in [-0.15, -0.1) is 0 Å². The number of aliphatic hydroxyl groups excluding tert-OH is 1. The van der Waals surface area contributed by atoms with E-state index < -0.39 is 11.5 Å². The van der Waals surface area contributed by atoms with Crippen LogP contribution in [0.1, 0.15) is 59.8 Å². The summed E-state index contributed by atoms with van der Waals surface area (Å²) in [6.07, 6.45) is 0.0830. The lowest BCUT2D eigenvalue weighted by Gasteiger charge is -2.29. The number of ketones is 1. The fourth-order valence-electron chi connectivity index (χ4n) is 4.40. The third-order valence-electron chi connectivity index (χ3n) is 6.08. The molecule has 7 heteroatoms. The van der Waals surface area contributed by atoms with E-state index in [1.807, 2.05) is 6.07 Å². The fourth-order valence-corrected chi connectivity index (χ4v) is 4.40. The molecule has 0 fully saturated rings. The Morgan fingerprint density at radius 2 is 1.68 bits per heavy atom. The number of aromatic nitrogens is 1. The van der Waals surface area contributed by atoms with E-state index in [0.29, 0.717) is 34.8 Å². The number of rotatable bonds is 8. The van der Waals surface area contributed by atoms with Gasteiger partial charge < -0.3 is 10.2 Å². The van der Waals surface area contributed by atoms with Crippen molar-refractivity contribution in [3.8, 4) is 0 Å². The number of carbonyl (C=O) groups excluding carboxylic acids is 1. The zero-order valence-electron chi connectivity index (χ0n) is 19.1. The van der Waals surface area contributed by atoms with Gasteiger partial charge in [0, 0.05) is 35.6 Å². The van der Waals surface area contributed by atoms with Gasteiger partial charge in [-0.25, -0.2) is 8.78 Å². The average molecular weight is 465 g/mol. The molecule has 0 spiro atoms. The molecule has 2 N–H and O–H groups in total. The Morgan fingerprint density at radius 3 is 2.26 bits per heavy atom. The van der Waals surface area contributed by atoms with Crippen molar-refractivity contribution in [1.82, 2.24) is 4.98 Å². The zero-order valence-corrected chi connectivity index (χ0v) is 19.1. The number of carbonyl (C=O) groups is 1. The summed E-state index contributed by atoms with van der Waals surface area (Å²) < 4.78 is 26.7. The molecule has 0 radical (unpaired) electrons. The Labute approximate surface area is 196 Å². The van der Waals surface area contributed by atoms with Crippen LogP contribution in [0.25, 0.3) is 0 Å². The Bertz CT molecular complexity index is 1230. The van der Waals surface area contributed by atoms with Gasteiger partial charge in [0.2, 0.25) is 0 Å². The van der Waals surface area contributed by atoms with Crippen molar-refractivity contribution in [2.75, 3.05) is 0 Å². The predicted molar refractivity (Wildman–Crippen MR) is 125 cm³/mol. The van der Waals surface area contributed by atoms with Crippen LogP contribution in [0, 0.1) is 11.6 Å². The minimum Gasteiger partial charge on any atom is -0.390 e. The van der Waals surface area contributed by atoms with E-state index in [-0.39, 0.29) is 36.9 Å². The summed E-state index contributed by atoms with van der Waals surface area (Å²) in [7, 11) is 0. The third kappa shape index (κ3) is 5.11. The molecule has 3 aromatic rings. The topological polar surface area (TPSA) is 82.8 Å². The molecule has 0 bridgehead atoms. The number of benzene rings is 2. The lowest BCUT2D eigenvalue weighted by molar-refractivity contribution is -0.120. The summed E-state index contributed by atoms with van der Waals surface area (Å²) in [5, 5.41) is 20.6. The molecule has 0 unspecified atom stereocenters. The van der Waals surface area contributed by atoms with Gasteiger partial charge in [0.1, 0.15) is 17.4 Å². The summed E-state index contributed by atoms with van der Waals surface area (Å²) in [6.45, 7) is 3.30. The molecular weight excluding hydrogens is 438 g/mol. The maximum Gasteiger partial charge on any atom is 0.139 e. The van der Waals surface area contributed by atoms with Gasteiger partial charge in [-0.3, -0.25) is 14.8 Å². The lowest BCUT2D eigenvalue weighted by atomic mass is 9.80. The quantitative estimate of drug-likeness (QED) is 0.522. The maximum absolute atomic E-state index is 13.3. The number of hydrogen-bond acceptors (Lipinski definition) is 5.